The van der Waals surface area contributed by atoms with Gasteiger partial charge >= 0.3 is 0 Å². The van der Waals surface area contributed by atoms with Crippen LogP contribution in [0.4, 0.5) is 0 Å². The van der Waals surface area contributed by atoms with Crippen molar-refractivity contribution in [2.75, 3.05) is 32.7 Å². The van der Waals surface area contributed by atoms with Crippen LogP contribution >= 0.6 is 0 Å². The Hall–Kier alpha value is -0.610. The number of likely N-dealkylation sites (tertiary alicyclic amines) is 1. The Morgan fingerprint density at radius 3 is 2.74 bits per heavy atom. The second-order valence-electron chi connectivity index (χ2n) is 5.94. The molecule has 0 radical (unpaired) electrons. The van der Waals surface area contributed by atoms with Crippen molar-refractivity contribution in [3.8, 4) is 0 Å². The highest BCUT2D eigenvalue weighted by Crippen LogP contribution is 2.26. The third-order valence-corrected chi connectivity index (χ3v) is 4.20. The Kier molecular flexibility index (Phi) is 5.64. The summed E-state index contributed by atoms with van der Waals surface area (Å²) >= 11 is 0. The fourth-order valence-corrected chi connectivity index (χ4v) is 3.02. The van der Waals surface area contributed by atoms with Crippen LogP contribution < -0.4 is 5.32 Å². The molecule has 0 aromatic rings. The van der Waals surface area contributed by atoms with Crippen LogP contribution in [0, 0.1) is 0 Å². The van der Waals surface area contributed by atoms with E-state index < -0.39 is 0 Å². The third-order valence-electron chi connectivity index (χ3n) is 4.20. The maximum absolute atomic E-state index is 12.3. The molecule has 0 bridgehead atoms. The van der Waals surface area contributed by atoms with E-state index >= 15 is 0 Å². The second kappa shape index (κ2) is 7.25. The molecule has 2 fully saturated rings. The van der Waals surface area contributed by atoms with Crippen LogP contribution in [0.1, 0.15) is 46.0 Å². The third kappa shape index (κ3) is 4.46. The van der Waals surface area contributed by atoms with Crippen LogP contribution in [-0.2, 0) is 4.79 Å². The zero-order valence-corrected chi connectivity index (χ0v) is 12.5. The number of amides is 1. The minimum atomic E-state index is 0.334. The average Bonchev–Trinajstić information content (AvgIpc) is 3.22. The first-order valence-corrected chi connectivity index (χ1v) is 7.99. The van der Waals surface area contributed by atoms with E-state index in [9.17, 15) is 4.79 Å². The Morgan fingerprint density at radius 2 is 2.11 bits per heavy atom. The van der Waals surface area contributed by atoms with E-state index in [1.165, 1.54) is 32.1 Å². The van der Waals surface area contributed by atoms with Gasteiger partial charge in [0.25, 0.3) is 0 Å². The van der Waals surface area contributed by atoms with Crippen LogP contribution in [0.3, 0.4) is 0 Å². The molecule has 1 saturated heterocycles. The summed E-state index contributed by atoms with van der Waals surface area (Å²) < 4.78 is 0. The summed E-state index contributed by atoms with van der Waals surface area (Å²) in [7, 11) is 0. The first kappa shape index (κ1) is 14.8. The van der Waals surface area contributed by atoms with Gasteiger partial charge in [-0.05, 0) is 52.1 Å². The molecule has 0 aromatic heterocycles. The zero-order valence-electron chi connectivity index (χ0n) is 12.5. The van der Waals surface area contributed by atoms with E-state index in [0.29, 0.717) is 24.5 Å². The van der Waals surface area contributed by atoms with Crippen LogP contribution in [-0.4, -0.2) is 60.5 Å². The highest BCUT2D eigenvalue weighted by atomic mass is 16.2. The van der Waals surface area contributed by atoms with Gasteiger partial charge in [0.2, 0.25) is 5.91 Å². The summed E-state index contributed by atoms with van der Waals surface area (Å²) in [5.41, 5.74) is 0. The monoisotopic (exact) mass is 267 g/mol. The molecule has 0 spiro atoms. The highest BCUT2D eigenvalue weighted by Gasteiger charge is 2.32. The van der Waals surface area contributed by atoms with E-state index in [4.69, 9.17) is 0 Å². The lowest BCUT2D eigenvalue weighted by Gasteiger charge is -2.34. The number of nitrogens with zero attached hydrogens (tertiary/aromatic N) is 2. The first-order chi connectivity index (χ1) is 9.24. The van der Waals surface area contributed by atoms with Crippen molar-refractivity contribution in [3.63, 3.8) is 0 Å². The van der Waals surface area contributed by atoms with Crippen LogP contribution in [0.15, 0.2) is 0 Å². The molecule has 1 N–H and O–H groups in total. The van der Waals surface area contributed by atoms with Gasteiger partial charge in [0, 0.05) is 25.2 Å². The summed E-state index contributed by atoms with van der Waals surface area (Å²) in [5.74, 6) is 0.334. The number of carbonyl (C=O) groups is 1. The number of piperidine rings is 1. The van der Waals surface area contributed by atoms with E-state index in [0.717, 1.165) is 26.2 Å². The molecule has 4 nitrogen and oxygen atoms in total. The Morgan fingerprint density at radius 1 is 1.32 bits per heavy atom. The summed E-state index contributed by atoms with van der Waals surface area (Å²) in [6.45, 7) is 9.00. The van der Waals surface area contributed by atoms with Crippen molar-refractivity contribution in [1.82, 2.24) is 15.1 Å². The van der Waals surface area contributed by atoms with E-state index in [1.54, 1.807) is 0 Å². The van der Waals surface area contributed by atoms with Gasteiger partial charge < -0.3 is 10.2 Å². The smallest absolute Gasteiger partial charge is 0.236 e. The number of carbonyl (C=O) groups excluding carboxylic acids is 1. The molecule has 1 atom stereocenters. The number of hydrogen-bond acceptors (Lipinski definition) is 3. The largest absolute Gasteiger partial charge is 0.339 e. The summed E-state index contributed by atoms with van der Waals surface area (Å²) in [4.78, 5) is 16.7. The molecule has 1 saturated carbocycles. The maximum atomic E-state index is 12.3. The molecule has 1 unspecified atom stereocenters. The van der Waals surface area contributed by atoms with Crippen molar-refractivity contribution in [3.05, 3.63) is 0 Å². The van der Waals surface area contributed by atoms with Crippen molar-refractivity contribution in [2.24, 2.45) is 0 Å². The van der Waals surface area contributed by atoms with Gasteiger partial charge in [-0.3, -0.25) is 9.69 Å². The van der Waals surface area contributed by atoms with Gasteiger partial charge in [-0.15, -0.1) is 0 Å². The summed E-state index contributed by atoms with van der Waals surface area (Å²) in [6, 6.07) is 1.13. The highest BCUT2D eigenvalue weighted by molar-refractivity contribution is 5.78. The first-order valence-electron chi connectivity index (χ1n) is 7.99. The molecule has 1 heterocycles. The van der Waals surface area contributed by atoms with Crippen LogP contribution in [0.2, 0.25) is 0 Å². The fraction of sp³-hybridized carbons (Fsp3) is 0.933. The Labute approximate surface area is 117 Å². The van der Waals surface area contributed by atoms with Gasteiger partial charge in [0.05, 0.1) is 6.54 Å². The van der Waals surface area contributed by atoms with Gasteiger partial charge in [0.1, 0.15) is 0 Å². The molecule has 110 valence electrons. The van der Waals surface area contributed by atoms with Crippen molar-refractivity contribution in [2.45, 2.75) is 58.0 Å². The lowest BCUT2D eigenvalue weighted by molar-refractivity contribution is -0.133. The van der Waals surface area contributed by atoms with Crippen molar-refractivity contribution < 1.29 is 4.79 Å². The van der Waals surface area contributed by atoms with Gasteiger partial charge in [0.15, 0.2) is 0 Å². The lowest BCUT2D eigenvalue weighted by Crippen LogP contribution is -2.49. The minimum absolute atomic E-state index is 0.334. The quantitative estimate of drug-likeness (QED) is 0.758. The Bertz CT molecular complexity index is 291. The lowest BCUT2D eigenvalue weighted by atomic mass is 10.1. The van der Waals surface area contributed by atoms with Gasteiger partial charge in [-0.25, -0.2) is 0 Å². The molecule has 19 heavy (non-hydrogen) atoms. The topological polar surface area (TPSA) is 35.6 Å². The normalized spacial score (nSPS) is 24.4. The van der Waals surface area contributed by atoms with Gasteiger partial charge in [-0.1, -0.05) is 6.92 Å². The predicted molar refractivity (Wildman–Crippen MR) is 78.2 cm³/mol. The van der Waals surface area contributed by atoms with E-state index in [-0.39, 0.29) is 0 Å². The van der Waals surface area contributed by atoms with Crippen LogP contribution in [0.25, 0.3) is 0 Å². The standard InChI is InChI=1S/C15H29N3O/c1-3-9-16-13-6-5-10-17(11-13)12-15(19)18(4-2)14-7-8-14/h13-14,16H,3-12H2,1-2H3. The summed E-state index contributed by atoms with van der Waals surface area (Å²) in [5, 5.41) is 3.59. The Balaban J connectivity index is 1.76. The second-order valence-corrected chi connectivity index (χ2v) is 5.94. The number of hydrogen-bond donors (Lipinski definition) is 1. The summed E-state index contributed by atoms with van der Waals surface area (Å²) in [6.07, 6.45) is 6.07. The number of rotatable bonds is 7. The van der Waals surface area contributed by atoms with Crippen molar-refractivity contribution in [1.29, 1.82) is 0 Å². The maximum Gasteiger partial charge on any atom is 0.236 e. The number of nitrogens with one attached hydrogen (secondary N) is 1. The fourth-order valence-electron chi connectivity index (χ4n) is 3.02. The van der Waals surface area contributed by atoms with Crippen molar-refractivity contribution >= 4 is 5.91 Å². The van der Waals surface area contributed by atoms with E-state index in [1.807, 2.05) is 0 Å². The molecule has 2 aliphatic rings. The molecule has 2 rings (SSSR count). The van der Waals surface area contributed by atoms with E-state index in [2.05, 4.69) is 29.0 Å². The zero-order chi connectivity index (χ0) is 13.7. The predicted octanol–water partition coefficient (Wildman–Crippen LogP) is 1.46. The van der Waals surface area contributed by atoms with Crippen LogP contribution in [0.5, 0.6) is 0 Å². The molecule has 1 aliphatic heterocycles. The molecule has 0 aromatic carbocycles. The molecule has 4 heteroatoms. The minimum Gasteiger partial charge on any atom is -0.339 e. The van der Waals surface area contributed by atoms with Gasteiger partial charge in [-0.2, -0.15) is 0 Å². The molecular formula is C15H29N3O. The SMILES string of the molecule is CCCNC1CCCN(CC(=O)N(CC)C2CC2)C1. The molecule has 1 aliphatic carbocycles. The molecule has 1 amide bonds. The molecular weight excluding hydrogens is 238 g/mol. The number of likely N-dealkylation sites (N-methyl/N-ethyl adjacent to an activating group) is 1. The average molecular weight is 267 g/mol.